The lowest BCUT2D eigenvalue weighted by Gasteiger charge is -2.12. The largest absolute Gasteiger partial charge is 0.330 e. The molecule has 0 fully saturated rings. The predicted molar refractivity (Wildman–Crippen MR) is 93.8 cm³/mol. The molecule has 0 aliphatic carbocycles. The zero-order chi connectivity index (χ0) is 17.8. The molecule has 0 heterocycles. The Bertz CT molecular complexity index is 602. The molecule has 0 saturated carbocycles. The zero-order valence-electron chi connectivity index (χ0n) is 14.0. The highest BCUT2D eigenvalue weighted by Crippen LogP contribution is 2.13. The lowest BCUT2D eigenvalue weighted by atomic mass is 10.1. The standard InChI is InChI=1S/C18H24N4O2/c1-2-3-5-15-6-8-17(9-7-15)21-18(24)16(12-20)13-22(14-23)11-4-10-19/h6-9,13-14H,2-5,10-11,19H2,1H3,(H,21,24)/b16-13-. The molecule has 0 bridgehead atoms. The van der Waals surface area contributed by atoms with Crippen LogP contribution in [0.4, 0.5) is 5.69 Å². The molecule has 6 heteroatoms. The third-order valence-corrected chi connectivity index (χ3v) is 3.45. The van der Waals surface area contributed by atoms with Gasteiger partial charge in [0.15, 0.2) is 0 Å². The van der Waals surface area contributed by atoms with Crippen LogP contribution in [0.3, 0.4) is 0 Å². The van der Waals surface area contributed by atoms with Crippen molar-refractivity contribution in [3.05, 3.63) is 41.6 Å². The maximum atomic E-state index is 12.2. The number of aryl methyl sites for hydroxylation is 1. The monoisotopic (exact) mass is 328 g/mol. The van der Waals surface area contributed by atoms with Crippen molar-refractivity contribution in [1.29, 1.82) is 5.26 Å². The molecule has 0 spiro atoms. The number of nitrogens with one attached hydrogen (secondary N) is 1. The molecule has 0 aromatic heterocycles. The van der Waals surface area contributed by atoms with Gasteiger partial charge in [-0.05, 0) is 43.5 Å². The molecule has 24 heavy (non-hydrogen) atoms. The topological polar surface area (TPSA) is 99.2 Å². The molecule has 0 atom stereocenters. The van der Waals surface area contributed by atoms with Gasteiger partial charge in [0.2, 0.25) is 6.41 Å². The average Bonchev–Trinajstić information content (AvgIpc) is 2.61. The van der Waals surface area contributed by atoms with E-state index in [2.05, 4.69) is 12.2 Å². The number of amides is 2. The maximum Gasteiger partial charge on any atom is 0.267 e. The number of carbonyl (C=O) groups excluding carboxylic acids is 2. The molecular weight excluding hydrogens is 304 g/mol. The first-order valence-electron chi connectivity index (χ1n) is 8.08. The van der Waals surface area contributed by atoms with Gasteiger partial charge in [-0.2, -0.15) is 5.26 Å². The lowest BCUT2D eigenvalue weighted by molar-refractivity contribution is -0.116. The summed E-state index contributed by atoms with van der Waals surface area (Å²) in [7, 11) is 0. The van der Waals surface area contributed by atoms with Gasteiger partial charge in [0.1, 0.15) is 11.6 Å². The number of nitriles is 1. The number of hydrogen-bond donors (Lipinski definition) is 2. The molecule has 0 unspecified atom stereocenters. The Morgan fingerprint density at radius 2 is 2.04 bits per heavy atom. The number of unbranched alkanes of at least 4 members (excludes halogenated alkanes) is 1. The van der Waals surface area contributed by atoms with Crippen molar-refractivity contribution >= 4 is 18.0 Å². The van der Waals surface area contributed by atoms with Crippen LogP contribution in [0.1, 0.15) is 31.7 Å². The molecule has 128 valence electrons. The van der Waals surface area contributed by atoms with E-state index in [1.807, 2.05) is 30.3 Å². The van der Waals surface area contributed by atoms with Crippen molar-refractivity contribution in [3.63, 3.8) is 0 Å². The van der Waals surface area contributed by atoms with Gasteiger partial charge in [0, 0.05) is 18.4 Å². The minimum Gasteiger partial charge on any atom is -0.330 e. The van der Waals surface area contributed by atoms with Crippen LogP contribution in [0.2, 0.25) is 0 Å². The Kier molecular flexibility index (Phi) is 8.87. The van der Waals surface area contributed by atoms with Crippen LogP contribution in [-0.2, 0) is 16.0 Å². The second-order valence-electron chi connectivity index (χ2n) is 5.39. The van der Waals surface area contributed by atoms with Crippen LogP contribution in [-0.4, -0.2) is 30.3 Å². The first-order valence-corrected chi connectivity index (χ1v) is 8.08. The Morgan fingerprint density at radius 1 is 1.33 bits per heavy atom. The van der Waals surface area contributed by atoms with Crippen LogP contribution in [0.5, 0.6) is 0 Å². The Hall–Kier alpha value is -2.65. The summed E-state index contributed by atoms with van der Waals surface area (Å²) in [6.07, 6.45) is 5.66. The van der Waals surface area contributed by atoms with Gasteiger partial charge in [-0.1, -0.05) is 25.5 Å². The molecule has 0 saturated heterocycles. The third-order valence-electron chi connectivity index (χ3n) is 3.45. The number of nitrogens with zero attached hydrogens (tertiary/aromatic N) is 2. The van der Waals surface area contributed by atoms with Gasteiger partial charge in [-0.15, -0.1) is 0 Å². The molecule has 6 nitrogen and oxygen atoms in total. The summed E-state index contributed by atoms with van der Waals surface area (Å²) >= 11 is 0. The zero-order valence-corrected chi connectivity index (χ0v) is 14.0. The van der Waals surface area contributed by atoms with Gasteiger partial charge in [-0.3, -0.25) is 9.59 Å². The molecule has 3 N–H and O–H groups in total. The van der Waals surface area contributed by atoms with Crippen LogP contribution >= 0.6 is 0 Å². The van der Waals surface area contributed by atoms with Gasteiger partial charge < -0.3 is 16.0 Å². The van der Waals surface area contributed by atoms with E-state index >= 15 is 0 Å². The van der Waals surface area contributed by atoms with Gasteiger partial charge >= 0.3 is 0 Å². The van der Waals surface area contributed by atoms with Crippen molar-refractivity contribution in [2.45, 2.75) is 32.6 Å². The first-order chi connectivity index (χ1) is 11.6. The number of hydrogen-bond acceptors (Lipinski definition) is 4. The predicted octanol–water partition coefficient (Wildman–Crippen LogP) is 2.18. The van der Waals surface area contributed by atoms with Crippen molar-refractivity contribution < 1.29 is 9.59 Å². The Balaban J connectivity index is 2.72. The second-order valence-corrected chi connectivity index (χ2v) is 5.39. The molecule has 0 radical (unpaired) electrons. The highest BCUT2D eigenvalue weighted by atomic mass is 16.2. The summed E-state index contributed by atoms with van der Waals surface area (Å²) in [6, 6.07) is 9.36. The third kappa shape index (κ3) is 6.63. The molecule has 1 rings (SSSR count). The SMILES string of the molecule is CCCCc1ccc(NC(=O)/C(C#N)=C\N(C=O)CCCN)cc1. The number of benzene rings is 1. The summed E-state index contributed by atoms with van der Waals surface area (Å²) in [5, 5.41) is 11.8. The first kappa shape index (κ1) is 19.4. The van der Waals surface area contributed by atoms with Crippen molar-refractivity contribution in [2.24, 2.45) is 5.73 Å². The van der Waals surface area contributed by atoms with E-state index in [4.69, 9.17) is 11.0 Å². The van der Waals surface area contributed by atoms with E-state index in [0.717, 1.165) is 19.3 Å². The fraction of sp³-hybridized carbons (Fsp3) is 0.389. The molecule has 1 aromatic carbocycles. The summed E-state index contributed by atoms with van der Waals surface area (Å²) in [5.74, 6) is -0.543. The Labute approximate surface area is 142 Å². The average molecular weight is 328 g/mol. The van der Waals surface area contributed by atoms with Crippen LogP contribution in [0.15, 0.2) is 36.0 Å². The van der Waals surface area contributed by atoms with E-state index in [9.17, 15) is 9.59 Å². The van der Waals surface area contributed by atoms with Crippen molar-refractivity contribution in [1.82, 2.24) is 4.90 Å². The number of carbonyl (C=O) groups is 2. The van der Waals surface area contributed by atoms with E-state index in [1.165, 1.54) is 16.7 Å². The van der Waals surface area contributed by atoms with Crippen molar-refractivity contribution in [3.8, 4) is 6.07 Å². The Morgan fingerprint density at radius 3 is 2.58 bits per heavy atom. The number of anilines is 1. The van der Waals surface area contributed by atoms with E-state index in [-0.39, 0.29) is 5.57 Å². The molecule has 2 amide bonds. The minimum atomic E-state index is -0.543. The molecular formula is C18H24N4O2. The van der Waals surface area contributed by atoms with Crippen LogP contribution in [0.25, 0.3) is 0 Å². The van der Waals surface area contributed by atoms with Crippen LogP contribution < -0.4 is 11.1 Å². The summed E-state index contributed by atoms with van der Waals surface area (Å²) in [5.41, 5.74) is 7.08. The molecule has 1 aromatic rings. The number of rotatable bonds is 10. The molecule has 0 aliphatic rings. The van der Waals surface area contributed by atoms with E-state index in [0.29, 0.717) is 31.6 Å². The fourth-order valence-corrected chi connectivity index (χ4v) is 2.06. The quantitative estimate of drug-likeness (QED) is 0.390. The van der Waals surface area contributed by atoms with Gasteiger partial charge in [0.25, 0.3) is 5.91 Å². The normalized spacial score (nSPS) is 10.8. The minimum absolute atomic E-state index is 0.130. The van der Waals surface area contributed by atoms with Gasteiger partial charge in [0.05, 0.1) is 0 Å². The van der Waals surface area contributed by atoms with E-state index < -0.39 is 5.91 Å². The van der Waals surface area contributed by atoms with Crippen LogP contribution in [0, 0.1) is 11.3 Å². The van der Waals surface area contributed by atoms with Crippen molar-refractivity contribution in [2.75, 3.05) is 18.4 Å². The smallest absolute Gasteiger partial charge is 0.267 e. The summed E-state index contributed by atoms with van der Waals surface area (Å²) in [4.78, 5) is 24.4. The highest BCUT2D eigenvalue weighted by Gasteiger charge is 2.11. The summed E-state index contributed by atoms with van der Waals surface area (Å²) in [6.45, 7) is 2.93. The molecule has 0 aliphatic heterocycles. The maximum absolute atomic E-state index is 12.2. The van der Waals surface area contributed by atoms with E-state index in [1.54, 1.807) is 0 Å². The van der Waals surface area contributed by atoms with Gasteiger partial charge in [-0.25, -0.2) is 0 Å². The lowest BCUT2D eigenvalue weighted by Crippen LogP contribution is -2.22. The fourth-order valence-electron chi connectivity index (χ4n) is 2.06. The highest BCUT2D eigenvalue weighted by molar-refractivity contribution is 6.06. The second kappa shape index (κ2) is 11.0. The summed E-state index contributed by atoms with van der Waals surface area (Å²) < 4.78 is 0. The number of nitrogens with two attached hydrogens (primary N) is 1.